The summed E-state index contributed by atoms with van der Waals surface area (Å²) in [6, 6.07) is 0. The predicted molar refractivity (Wildman–Crippen MR) is 43.8 cm³/mol. The van der Waals surface area contributed by atoms with Crippen LogP contribution < -0.4 is 10.5 Å². The number of rotatable bonds is 4. The minimum absolute atomic E-state index is 0.630. The van der Waals surface area contributed by atoms with E-state index in [1.54, 1.807) is 0 Å². The molecule has 11 heavy (non-hydrogen) atoms. The lowest BCUT2D eigenvalue weighted by molar-refractivity contribution is 0.309. The minimum Gasteiger partial charge on any atom is -0.469 e. The molecule has 0 fully saturated rings. The molecule has 2 N–H and O–H groups in total. The van der Waals surface area contributed by atoms with E-state index >= 15 is 0 Å². The number of nitrogens with two attached hydrogens (primary N) is 1. The van der Waals surface area contributed by atoms with E-state index in [4.69, 9.17) is 10.5 Å². The Bertz CT molecular complexity index is 213. The predicted octanol–water partition coefficient (Wildman–Crippen LogP) is 0.574. The van der Waals surface area contributed by atoms with Crippen molar-refractivity contribution in [1.82, 2.24) is 10.2 Å². The van der Waals surface area contributed by atoms with Crippen molar-refractivity contribution in [1.29, 1.82) is 0 Å². The Morgan fingerprint density at radius 1 is 1.55 bits per heavy atom. The normalized spacial score (nSPS) is 10.0. The summed E-state index contributed by atoms with van der Waals surface area (Å²) < 4.78 is 5.23. The van der Waals surface area contributed by atoms with Crippen LogP contribution in [0, 0.1) is 6.92 Å². The molecule has 1 aromatic heterocycles. The van der Waals surface area contributed by atoms with Gasteiger partial charge in [0.25, 0.3) is 5.19 Å². The van der Waals surface area contributed by atoms with Crippen LogP contribution >= 0.6 is 11.3 Å². The van der Waals surface area contributed by atoms with Crippen LogP contribution in [-0.2, 0) is 0 Å². The van der Waals surface area contributed by atoms with Gasteiger partial charge in [-0.3, -0.25) is 0 Å². The first kappa shape index (κ1) is 8.42. The molecular weight excluding hydrogens is 162 g/mol. The molecular formula is C6H11N3OS. The van der Waals surface area contributed by atoms with Crippen molar-refractivity contribution in [2.45, 2.75) is 13.3 Å². The van der Waals surface area contributed by atoms with Crippen LogP contribution in [0.3, 0.4) is 0 Å². The maximum Gasteiger partial charge on any atom is 0.294 e. The Kier molecular flexibility index (Phi) is 3.25. The van der Waals surface area contributed by atoms with E-state index in [9.17, 15) is 0 Å². The van der Waals surface area contributed by atoms with E-state index in [0.717, 1.165) is 11.4 Å². The van der Waals surface area contributed by atoms with Gasteiger partial charge in [-0.2, -0.15) is 0 Å². The summed E-state index contributed by atoms with van der Waals surface area (Å²) in [5, 5.41) is 9.16. The molecule has 0 unspecified atom stereocenters. The van der Waals surface area contributed by atoms with Crippen molar-refractivity contribution in [2.24, 2.45) is 5.73 Å². The molecule has 0 spiro atoms. The molecule has 1 heterocycles. The molecule has 0 aliphatic rings. The van der Waals surface area contributed by atoms with Crippen molar-refractivity contribution in [3.63, 3.8) is 0 Å². The molecule has 1 rings (SSSR count). The minimum atomic E-state index is 0.630. The first-order valence-electron chi connectivity index (χ1n) is 3.46. The van der Waals surface area contributed by atoms with E-state index in [0.29, 0.717) is 18.3 Å². The zero-order valence-corrected chi connectivity index (χ0v) is 7.23. The van der Waals surface area contributed by atoms with E-state index in [2.05, 4.69) is 10.2 Å². The highest BCUT2D eigenvalue weighted by molar-refractivity contribution is 7.12. The Hall–Kier alpha value is -0.680. The van der Waals surface area contributed by atoms with E-state index in [1.807, 2.05) is 6.92 Å². The Morgan fingerprint density at radius 2 is 2.36 bits per heavy atom. The van der Waals surface area contributed by atoms with Gasteiger partial charge in [-0.1, -0.05) is 11.3 Å². The maximum atomic E-state index is 5.29. The molecule has 4 nitrogen and oxygen atoms in total. The van der Waals surface area contributed by atoms with Crippen molar-refractivity contribution in [3.8, 4) is 5.19 Å². The van der Waals surface area contributed by atoms with Gasteiger partial charge in [0.05, 0.1) is 6.61 Å². The van der Waals surface area contributed by atoms with Crippen LogP contribution in [0.1, 0.15) is 11.4 Å². The third-order valence-corrected chi connectivity index (χ3v) is 1.83. The first-order chi connectivity index (χ1) is 5.33. The molecule has 0 aromatic carbocycles. The third-order valence-electron chi connectivity index (χ3n) is 1.08. The van der Waals surface area contributed by atoms with Gasteiger partial charge in [0.1, 0.15) is 5.01 Å². The van der Waals surface area contributed by atoms with E-state index < -0.39 is 0 Å². The molecule has 0 aliphatic carbocycles. The lowest BCUT2D eigenvalue weighted by Gasteiger charge is -1.97. The Labute approximate surface area is 69.4 Å². The van der Waals surface area contributed by atoms with Crippen molar-refractivity contribution in [2.75, 3.05) is 13.2 Å². The van der Waals surface area contributed by atoms with Crippen molar-refractivity contribution >= 4 is 11.3 Å². The average Bonchev–Trinajstić information content (AvgIpc) is 2.37. The highest BCUT2D eigenvalue weighted by Crippen LogP contribution is 2.16. The summed E-state index contributed by atoms with van der Waals surface area (Å²) in [5.74, 6) is 0. The fourth-order valence-electron chi connectivity index (χ4n) is 0.580. The van der Waals surface area contributed by atoms with Gasteiger partial charge in [0, 0.05) is 0 Å². The van der Waals surface area contributed by atoms with Crippen molar-refractivity contribution in [3.05, 3.63) is 5.01 Å². The number of hydrogen-bond donors (Lipinski definition) is 1. The average molecular weight is 173 g/mol. The van der Waals surface area contributed by atoms with Crippen LogP contribution in [-0.4, -0.2) is 23.3 Å². The zero-order chi connectivity index (χ0) is 8.10. The monoisotopic (exact) mass is 173 g/mol. The van der Waals surface area contributed by atoms with Gasteiger partial charge in [-0.25, -0.2) is 0 Å². The van der Waals surface area contributed by atoms with Gasteiger partial charge in [0.15, 0.2) is 0 Å². The van der Waals surface area contributed by atoms with Gasteiger partial charge < -0.3 is 10.5 Å². The van der Waals surface area contributed by atoms with Gasteiger partial charge in [-0.05, 0) is 19.9 Å². The molecule has 0 amide bonds. The maximum absolute atomic E-state index is 5.29. The highest BCUT2D eigenvalue weighted by Gasteiger charge is 1.98. The molecule has 1 aromatic rings. The fourth-order valence-corrected chi connectivity index (χ4v) is 1.14. The van der Waals surface area contributed by atoms with Crippen LogP contribution in [0.15, 0.2) is 0 Å². The number of ether oxygens (including phenoxy) is 1. The van der Waals surface area contributed by atoms with Gasteiger partial charge in [0.2, 0.25) is 0 Å². The molecule has 0 bridgehead atoms. The standard InChI is InChI=1S/C6H11N3OS/c1-5-8-9-6(11-5)10-4-2-3-7/h2-4,7H2,1H3. The Morgan fingerprint density at radius 3 is 2.91 bits per heavy atom. The van der Waals surface area contributed by atoms with Crippen LogP contribution in [0.25, 0.3) is 0 Å². The number of aromatic nitrogens is 2. The molecule has 0 saturated carbocycles. The largest absolute Gasteiger partial charge is 0.469 e. The Balaban J connectivity index is 2.27. The van der Waals surface area contributed by atoms with E-state index in [1.165, 1.54) is 11.3 Å². The lowest BCUT2D eigenvalue weighted by atomic mass is 10.5. The summed E-state index contributed by atoms with van der Waals surface area (Å²) in [5.41, 5.74) is 5.29. The molecule has 0 aliphatic heterocycles. The molecule has 0 radical (unpaired) electrons. The van der Waals surface area contributed by atoms with Crippen molar-refractivity contribution < 1.29 is 4.74 Å². The summed E-state index contributed by atoms with van der Waals surface area (Å²) in [6.07, 6.45) is 0.860. The number of aryl methyl sites for hydroxylation is 1. The SMILES string of the molecule is Cc1nnc(OCCCN)s1. The summed E-state index contributed by atoms with van der Waals surface area (Å²) in [4.78, 5) is 0. The molecule has 62 valence electrons. The summed E-state index contributed by atoms with van der Waals surface area (Å²) in [7, 11) is 0. The second kappa shape index (κ2) is 4.25. The van der Waals surface area contributed by atoms with Gasteiger partial charge in [-0.15, -0.1) is 10.2 Å². The number of hydrogen-bond acceptors (Lipinski definition) is 5. The third kappa shape index (κ3) is 2.81. The highest BCUT2D eigenvalue weighted by atomic mass is 32.1. The summed E-state index contributed by atoms with van der Waals surface area (Å²) >= 11 is 1.45. The molecule has 0 saturated heterocycles. The first-order valence-corrected chi connectivity index (χ1v) is 4.27. The second-order valence-electron chi connectivity index (χ2n) is 2.08. The molecule has 0 atom stereocenters. The van der Waals surface area contributed by atoms with Crippen LogP contribution in [0.2, 0.25) is 0 Å². The summed E-state index contributed by atoms with van der Waals surface area (Å²) in [6.45, 7) is 3.18. The quantitative estimate of drug-likeness (QED) is 0.676. The van der Waals surface area contributed by atoms with Crippen LogP contribution in [0.4, 0.5) is 0 Å². The number of nitrogens with zero attached hydrogens (tertiary/aromatic N) is 2. The smallest absolute Gasteiger partial charge is 0.294 e. The van der Waals surface area contributed by atoms with E-state index in [-0.39, 0.29) is 0 Å². The van der Waals surface area contributed by atoms with Crippen LogP contribution in [0.5, 0.6) is 5.19 Å². The zero-order valence-electron chi connectivity index (χ0n) is 6.41. The lowest BCUT2D eigenvalue weighted by Crippen LogP contribution is -2.05. The van der Waals surface area contributed by atoms with Gasteiger partial charge >= 0.3 is 0 Å². The molecule has 5 heteroatoms. The topological polar surface area (TPSA) is 61.0 Å². The fraction of sp³-hybridized carbons (Fsp3) is 0.667. The second-order valence-corrected chi connectivity index (χ2v) is 3.22.